The van der Waals surface area contributed by atoms with Crippen LogP contribution in [0.15, 0.2) is 42.5 Å². The molecule has 2 N–H and O–H groups in total. The highest BCUT2D eigenvalue weighted by Crippen LogP contribution is 2.18. The summed E-state index contributed by atoms with van der Waals surface area (Å²) >= 11 is 0. The second-order valence-corrected chi connectivity index (χ2v) is 4.68. The molecule has 0 aliphatic heterocycles. The highest BCUT2D eigenvalue weighted by atomic mass is 19.1. The number of hydrogen-bond donors (Lipinski definition) is 2. The number of carbonyl (C=O) groups excluding carboxylic acids is 2. The van der Waals surface area contributed by atoms with Gasteiger partial charge in [-0.15, -0.1) is 0 Å². The number of halogens is 2. The molecule has 2 rings (SSSR count). The Bertz CT molecular complexity index is 749. The van der Waals surface area contributed by atoms with Crippen LogP contribution in [0.2, 0.25) is 0 Å². The molecule has 5 nitrogen and oxygen atoms in total. The van der Waals surface area contributed by atoms with Crippen LogP contribution in [0.5, 0.6) is 5.75 Å². The maximum atomic E-state index is 13.5. The number of rotatable bonds is 4. The van der Waals surface area contributed by atoms with Crippen LogP contribution in [0.3, 0.4) is 0 Å². The smallest absolute Gasteiger partial charge is 0.342 e. The zero-order chi connectivity index (χ0) is 17.0. The quantitative estimate of drug-likeness (QED) is 0.849. The highest BCUT2D eigenvalue weighted by molar-refractivity contribution is 5.98. The van der Waals surface area contributed by atoms with E-state index in [1.165, 1.54) is 31.2 Å². The monoisotopic (exact) mass is 321 g/mol. The number of aromatic hydroxyl groups is 1. The van der Waals surface area contributed by atoms with Gasteiger partial charge in [-0.2, -0.15) is 0 Å². The number of phenols is 1. The fourth-order valence-corrected chi connectivity index (χ4v) is 1.75. The molecule has 7 heteroatoms. The molecule has 0 saturated carbocycles. The van der Waals surface area contributed by atoms with E-state index in [4.69, 9.17) is 4.74 Å². The zero-order valence-corrected chi connectivity index (χ0v) is 12.0. The van der Waals surface area contributed by atoms with E-state index in [0.29, 0.717) is 0 Å². The Morgan fingerprint density at radius 1 is 1.17 bits per heavy atom. The molecule has 2 aromatic rings. The highest BCUT2D eigenvalue weighted by Gasteiger charge is 2.21. The van der Waals surface area contributed by atoms with Gasteiger partial charge in [0.1, 0.15) is 22.9 Å². The predicted octanol–water partition coefficient (Wildman–Crippen LogP) is 2.85. The molecule has 2 aromatic carbocycles. The van der Waals surface area contributed by atoms with Crippen molar-refractivity contribution >= 4 is 17.6 Å². The second-order valence-electron chi connectivity index (χ2n) is 4.68. The Morgan fingerprint density at radius 2 is 1.87 bits per heavy atom. The third-order valence-corrected chi connectivity index (χ3v) is 2.96. The lowest BCUT2D eigenvalue weighted by Gasteiger charge is -2.14. The van der Waals surface area contributed by atoms with Crippen LogP contribution in [0.1, 0.15) is 17.3 Å². The molecule has 23 heavy (non-hydrogen) atoms. The van der Waals surface area contributed by atoms with Crippen LogP contribution in [0, 0.1) is 11.6 Å². The molecular weight excluding hydrogens is 308 g/mol. The minimum Gasteiger partial charge on any atom is -0.507 e. The number of anilines is 1. The molecule has 0 radical (unpaired) electrons. The molecular formula is C16H13F2NO4. The van der Waals surface area contributed by atoms with Crippen molar-refractivity contribution in [2.24, 2.45) is 0 Å². The average Bonchev–Trinajstić information content (AvgIpc) is 2.51. The first-order valence-corrected chi connectivity index (χ1v) is 6.63. The van der Waals surface area contributed by atoms with Gasteiger partial charge in [-0.3, -0.25) is 4.79 Å². The van der Waals surface area contributed by atoms with Gasteiger partial charge in [-0.1, -0.05) is 12.1 Å². The van der Waals surface area contributed by atoms with Crippen molar-refractivity contribution in [1.29, 1.82) is 0 Å². The molecule has 0 heterocycles. The van der Waals surface area contributed by atoms with Gasteiger partial charge >= 0.3 is 5.97 Å². The number of para-hydroxylation sites is 1. The van der Waals surface area contributed by atoms with E-state index in [9.17, 15) is 23.5 Å². The van der Waals surface area contributed by atoms with Crippen LogP contribution >= 0.6 is 0 Å². The summed E-state index contributed by atoms with van der Waals surface area (Å²) < 4.78 is 31.4. The molecule has 0 spiro atoms. The number of benzene rings is 2. The van der Waals surface area contributed by atoms with Gasteiger partial charge in [0.2, 0.25) is 0 Å². The second kappa shape index (κ2) is 6.87. The maximum absolute atomic E-state index is 13.5. The van der Waals surface area contributed by atoms with Crippen molar-refractivity contribution in [2.45, 2.75) is 13.0 Å². The minimum atomic E-state index is -1.27. The van der Waals surface area contributed by atoms with Crippen LogP contribution in [-0.4, -0.2) is 23.1 Å². The predicted molar refractivity (Wildman–Crippen MR) is 78.0 cm³/mol. The standard InChI is InChI=1S/C16H13F2NO4/c1-9(23-16(22)11-4-2-3-5-14(11)20)15(21)19-13-8-10(17)6-7-12(13)18/h2-9,20H,1H3,(H,19,21)/t9-/m1/s1. The third kappa shape index (κ3) is 4.03. The third-order valence-electron chi connectivity index (χ3n) is 2.96. The van der Waals surface area contributed by atoms with E-state index < -0.39 is 29.6 Å². The number of amides is 1. The van der Waals surface area contributed by atoms with Crippen molar-refractivity contribution in [3.63, 3.8) is 0 Å². The van der Waals surface area contributed by atoms with Crippen molar-refractivity contribution in [3.8, 4) is 5.75 Å². The van der Waals surface area contributed by atoms with E-state index in [2.05, 4.69) is 5.32 Å². The van der Waals surface area contributed by atoms with Gasteiger partial charge in [-0.05, 0) is 31.2 Å². The van der Waals surface area contributed by atoms with Gasteiger partial charge in [0.15, 0.2) is 6.10 Å². The zero-order valence-electron chi connectivity index (χ0n) is 12.0. The van der Waals surface area contributed by atoms with Gasteiger partial charge in [0.05, 0.1) is 5.69 Å². The molecule has 0 fully saturated rings. The SMILES string of the molecule is C[C@@H](OC(=O)c1ccccc1O)C(=O)Nc1cc(F)ccc1F. The van der Waals surface area contributed by atoms with Crippen LogP contribution in [0.25, 0.3) is 0 Å². The Labute approximate surface area is 130 Å². The van der Waals surface area contributed by atoms with E-state index in [1.807, 2.05) is 0 Å². The van der Waals surface area contributed by atoms with Gasteiger partial charge < -0.3 is 15.2 Å². The number of esters is 1. The molecule has 120 valence electrons. The van der Waals surface area contributed by atoms with Gasteiger partial charge in [0.25, 0.3) is 5.91 Å². The first-order chi connectivity index (χ1) is 10.9. The van der Waals surface area contributed by atoms with E-state index in [0.717, 1.165) is 18.2 Å². The van der Waals surface area contributed by atoms with Crippen LogP contribution in [-0.2, 0) is 9.53 Å². The number of nitrogens with one attached hydrogen (secondary N) is 1. The number of ether oxygens (including phenoxy) is 1. The van der Waals surface area contributed by atoms with Crippen molar-refractivity contribution < 1.29 is 28.2 Å². The molecule has 1 atom stereocenters. The summed E-state index contributed by atoms with van der Waals surface area (Å²) in [5.74, 6) is -3.58. The summed E-state index contributed by atoms with van der Waals surface area (Å²) in [7, 11) is 0. The summed E-state index contributed by atoms with van der Waals surface area (Å²) in [6.07, 6.45) is -1.27. The molecule has 1 amide bonds. The minimum absolute atomic E-state index is 0.107. The van der Waals surface area contributed by atoms with Crippen molar-refractivity contribution in [1.82, 2.24) is 0 Å². The van der Waals surface area contributed by atoms with Crippen molar-refractivity contribution in [2.75, 3.05) is 5.32 Å². The lowest BCUT2D eigenvalue weighted by molar-refractivity contribution is -0.123. The first-order valence-electron chi connectivity index (χ1n) is 6.63. The molecule has 0 unspecified atom stereocenters. The molecule has 0 aliphatic rings. The Balaban J connectivity index is 2.04. The Morgan fingerprint density at radius 3 is 2.57 bits per heavy atom. The lowest BCUT2D eigenvalue weighted by atomic mass is 10.2. The fourth-order valence-electron chi connectivity index (χ4n) is 1.75. The van der Waals surface area contributed by atoms with Gasteiger partial charge in [0, 0.05) is 6.07 Å². The van der Waals surface area contributed by atoms with Crippen molar-refractivity contribution in [3.05, 3.63) is 59.7 Å². The number of phenolic OH excluding ortho intramolecular Hbond substituents is 1. The van der Waals surface area contributed by atoms with E-state index >= 15 is 0 Å². The Kier molecular flexibility index (Phi) is 4.90. The normalized spacial score (nSPS) is 11.6. The van der Waals surface area contributed by atoms with Crippen LogP contribution < -0.4 is 5.32 Å². The summed E-state index contributed by atoms with van der Waals surface area (Å²) in [5.41, 5.74) is -0.468. The number of carbonyl (C=O) groups is 2. The molecule has 0 aromatic heterocycles. The number of hydrogen-bond acceptors (Lipinski definition) is 4. The van der Waals surface area contributed by atoms with E-state index in [1.54, 1.807) is 0 Å². The summed E-state index contributed by atoms with van der Waals surface area (Å²) in [4.78, 5) is 23.7. The van der Waals surface area contributed by atoms with Gasteiger partial charge in [-0.25, -0.2) is 13.6 Å². The summed E-state index contributed by atoms with van der Waals surface area (Å²) in [6, 6.07) is 8.25. The topological polar surface area (TPSA) is 75.6 Å². The lowest BCUT2D eigenvalue weighted by Crippen LogP contribution is -2.30. The molecule has 0 saturated heterocycles. The van der Waals surface area contributed by atoms with E-state index in [-0.39, 0.29) is 17.0 Å². The fraction of sp³-hybridized carbons (Fsp3) is 0.125. The maximum Gasteiger partial charge on any atom is 0.342 e. The summed E-state index contributed by atoms with van der Waals surface area (Å²) in [5, 5.41) is 11.7. The average molecular weight is 321 g/mol. The van der Waals surface area contributed by atoms with Crippen LogP contribution in [0.4, 0.5) is 14.5 Å². The molecule has 0 bridgehead atoms. The molecule has 0 aliphatic carbocycles. The Hall–Kier alpha value is -2.96. The largest absolute Gasteiger partial charge is 0.507 e. The first kappa shape index (κ1) is 16.4. The summed E-state index contributed by atoms with van der Waals surface area (Å²) in [6.45, 7) is 1.27.